The first kappa shape index (κ1) is 28.4. The van der Waals surface area contributed by atoms with Crippen LogP contribution in [0.2, 0.25) is 0 Å². The quantitative estimate of drug-likeness (QED) is 0.184. The van der Waals surface area contributed by atoms with Gasteiger partial charge in [-0.1, -0.05) is 115 Å². The molecule has 0 N–H and O–H groups in total. The van der Waals surface area contributed by atoms with Crippen molar-refractivity contribution in [3.63, 3.8) is 0 Å². The summed E-state index contributed by atoms with van der Waals surface area (Å²) >= 11 is 1.86. The van der Waals surface area contributed by atoms with Crippen LogP contribution in [0, 0.1) is 0 Å². The molecule has 0 bridgehead atoms. The molecule has 10 aromatic rings. The standard InChI is InChI=1S/C48H30N2S/c1-3-15-37-31(10-1)12-8-19-42(37)49(36-27-29-46-41(30-36)39-17-5-6-21-45(39)51-46)34-23-25-35(26-24-34)50-43-20-9-14-33-13-7-18-40(47(33)43)48-38-16-4-2-11-32(38)22-28-44(48)50/h1-30H. The van der Waals surface area contributed by atoms with Crippen molar-refractivity contribution >= 4 is 98.0 Å². The predicted molar refractivity (Wildman–Crippen MR) is 220 cm³/mol. The SMILES string of the molecule is c1ccc2c(N(c3ccc(N4c5ccc6ccccc6c5-c5cccc6cccc4c56)cc3)c3ccc4sc5ccccc5c4c3)cccc2c1. The molecular formula is C48H30N2S. The molecule has 0 saturated carbocycles. The third kappa shape index (κ3) is 4.29. The van der Waals surface area contributed by atoms with E-state index in [2.05, 4.69) is 192 Å². The Hall–Kier alpha value is -6.42. The summed E-state index contributed by atoms with van der Waals surface area (Å²) in [4.78, 5) is 4.87. The number of fused-ring (bicyclic) bond motifs is 8. The van der Waals surface area contributed by atoms with E-state index in [4.69, 9.17) is 0 Å². The van der Waals surface area contributed by atoms with Gasteiger partial charge in [0, 0.05) is 53.6 Å². The van der Waals surface area contributed by atoms with Crippen LogP contribution in [0.4, 0.5) is 34.1 Å². The van der Waals surface area contributed by atoms with Crippen molar-refractivity contribution in [2.75, 3.05) is 9.80 Å². The van der Waals surface area contributed by atoms with Crippen molar-refractivity contribution in [1.29, 1.82) is 0 Å². The highest BCUT2D eigenvalue weighted by Crippen LogP contribution is 2.53. The second-order valence-corrected chi connectivity index (χ2v) is 14.4. The maximum Gasteiger partial charge on any atom is 0.0547 e. The van der Waals surface area contributed by atoms with Crippen molar-refractivity contribution in [3.05, 3.63) is 182 Å². The van der Waals surface area contributed by atoms with Crippen LogP contribution >= 0.6 is 11.3 Å². The van der Waals surface area contributed by atoms with Crippen molar-refractivity contribution in [3.8, 4) is 11.1 Å². The van der Waals surface area contributed by atoms with Gasteiger partial charge in [0.25, 0.3) is 0 Å². The van der Waals surface area contributed by atoms with E-state index < -0.39 is 0 Å². The topological polar surface area (TPSA) is 6.48 Å². The Morgan fingerprint density at radius 1 is 0.412 bits per heavy atom. The summed E-state index contributed by atoms with van der Waals surface area (Å²) in [6.45, 7) is 0. The molecule has 0 spiro atoms. The van der Waals surface area contributed by atoms with E-state index in [1.807, 2.05) is 11.3 Å². The van der Waals surface area contributed by atoms with Gasteiger partial charge < -0.3 is 9.80 Å². The first-order valence-corrected chi connectivity index (χ1v) is 18.3. The predicted octanol–water partition coefficient (Wildman–Crippen LogP) is 14.4. The Kier molecular flexibility index (Phi) is 6.16. The van der Waals surface area contributed by atoms with Gasteiger partial charge in [0.15, 0.2) is 0 Å². The molecular weight excluding hydrogens is 637 g/mol. The van der Waals surface area contributed by atoms with Crippen molar-refractivity contribution in [2.45, 2.75) is 0 Å². The minimum atomic E-state index is 1.11. The third-order valence-corrected chi connectivity index (χ3v) is 11.7. The van der Waals surface area contributed by atoms with Crippen LogP contribution < -0.4 is 9.80 Å². The van der Waals surface area contributed by atoms with Crippen LogP contribution in [-0.4, -0.2) is 0 Å². The number of anilines is 6. The summed E-state index contributed by atoms with van der Waals surface area (Å²) in [6, 6.07) is 66.8. The summed E-state index contributed by atoms with van der Waals surface area (Å²) in [5.41, 5.74) is 9.54. The summed E-state index contributed by atoms with van der Waals surface area (Å²) in [5.74, 6) is 0. The van der Waals surface area contributed by atoms with Gasteiger partial charge >= 0.3 is 0 Å². The van der Waals surface area contributed by atoms with E-state index in [0.717, 1.165) is 22.7 Å². The molecule has 2 heterocycles. The Morgan fingerprint density at radius 3 is 1.92 bits per heavy atom. The average Bonchev–Trinajstić information content (AvgIpc) is 3.57. The highest BCUT2D eigenvalue weighted by molar-refractivity contribution is 7.25. The third-order valence-electron chi connectivity index (χ3n) is 10.5. The fourth-order valence-corrected chi connectivity index (χ4v) is 9.37. The van der Waals surface area contributed by atoms with Crippen LogP contribution in [0.15, 0.2) is 182 Å². The Balaban J connectivity index is 1.12. The van der Waals surface area contributed by atoms with Crippen LogP contribution in [-0.2, 0) is 0 Å². The minimum Gasteiger partial charge on any atom is -0.310 e. The molecule has 238 valence electrons. The highest BCUT2D eigenvalue weighted by Gasteiger charge is 2.27. The first-order valence-electron chi connectivity index (χ1n) is 17.4. The lowest BCUT2D eigenvalue weighted by molar-refractivity contribution is 1.27. The Labute approximate surface area is 299 Å². The van der Waals surface area contributed by atoms with E-state index in [1.54, 1.807) is 0 Å². The normalized spacial score (nSPS) is 12.3. The highest BCUT2D eigenvalue weighted by atomic mass is 32.1. The maximum absolute atomic E-state index is 2.45. The molecule has 0 atom stereocenters. The van der Waals surface area contributed by atoms with Gasteiger partial charge in [0.1, 0.15) is 0 Å². The van der Waals surface area contributed by atoms with Crippen LogP contribution in [0.1, 0.15) is 0 Å². The molecule has 1 aliphatic heterocycles. The summed E-state index contributed by atoms with van der Waals surface area (Å²) in [5, 5.41) is 10.1. The molecule has 11 rings (SSSR count). The summed E-state index contributed by atoms with van der Waals surface area (Å²) in [7, 11) is 0. The number of nitrogens with zero attached hydrogens (tertiary/aromatic N) is 2. The fourth-order valence-electron chi connectivity index (χ4n) is 8.29. The zero-order chi connectivity index (χ0) is 33.5. The lowest BCUT2D eigenvalue weighted by atomic mass is 9.87. The lowest BCUT2D eigenvalue weighted by Gasteiger charge is -2.34. The van der Waals surface area contributed by atoms with Gasteiger partial charge in [0.05, 0.1) is 17.1 Å². The number of thiophene rings is 1. The average molecular weight is 667 g/mol. The second kappa shape index (κ2) is 11.0. The molecule has 0 saturated heterocycles. The second-order valence-electron chi connectivity index (χ2n) is 13.3. The van der Waals surface area contributed by atoms with Crippen LogP contribution in [0.3, 0.4) is 0 Å². The van der Waals surface area contributed by atoms with Gasteiger partial charge in [-0.15, -0.1) is 11.3 Å². The van der Waals surface area contributed by atoms with E-state index >= 15 is 0 Å². The summed E-state index contributed by atoms with van der Waals surface area (Å²) in [6.07, 6.45) is 0. The van der Waals surface area contributed by atoms with Gasteiger partial charge in [-0.25, -0.2) is 0 Å². The van der Waals surface area contributed by atoms with Gasteiger partial charge in [-0.3, -0.25) is 0 Å². The molecule has 51 heavy (non-hydrogen) atoms. The van der Waals surface area contributed by atoms with E-state index in [0.29, 0.717) is 0 Å². The van der Waals surface area contributed by atoms with E-state index in [-0.39, 0.29) is 0 Å². The molecule has 3 heteroatoms. The molecule has 9 aromatic carbocycles. The molecule has 0 unspecified atom stereocenters. The fraction of sp³-hybridized carbons (Fsp3) is 0. The zero-order valence-corrected chi connectivity index (χ0v) is 28.4. The molecule has 0 amide bonds. The molecule has 2 nitrogen and oxygen atoms in total. The Bertz CT molecular complexity index is 2980. The maximum atomic E-state index is 2.45. The van der Waals surface area contributed by atoms with E-state index in [9.17, 15) is 0 Å². The molecule has 1 aromatic heterocycles. The summed E-state index contributed by atoms with van der Waals surface area (Å²) < 4.78 is 2.62. The zero-order valence-electron chi connectivity index (χ0n) is 27.6. The van der Waals surface area contributed by atoms with Crippen molar-refractivity contribution in [1.82, 2.24) is 0 Å². The minimum absolute atomic E-state index is 1.11. The van der Waals surface area contributed by atoms with Crippen molar-refractivity contribution < 1.29 is 0 Å². The monoisotopic (exact) mass is 666 g/mol. The number of rotatable bonds is 4. The molecule has 0 aliphatic carbocycles. The first-order chi connectivity index (χ1) is 25.3. The van der Waals surface area contributed by atoms with Crippen LogP contribution in [0.5, 0.6) is 0 Å². The number of hydrogen-bond acceptors (Lipinski definition) is 3. The van der Waals surface area contributed by atoms with Gasteiger partial charge in [-0.2, -0.15) is 0 Å². The van der Waals surface area contributed by atoms with Crippen molar-refractivity contribution in [2.24, 2.45) is 0 Å². The smallest absolute Gasteiger partial charge is 0.0547 e. The van der Waals surface area contributed by atoms with Crippen LogP contribution in [0.25, 0.3) is 63.6 Å². The largest absolute Gasteiger partial charge is 0.310 e. The molecule has 0 fully saturated rings. The van der Waals surface area contributed by atoms with E-state index in [1.165, 1.54) is 75.0 Å². The Morgan fingerprint density at radius 2 is 1.06 bits per heavy atom. The van der Waals surface area contributed by atoms with Gasteiger partial charge in [0.2, 0.25) is 0 Å². The molecule has 0 radical (unpaired) electrons. The number of benzene rings is 9. The number of hydrogen-bond donors (Lipinski definition) is 0. The van der Waals surface area contributed by atoms with Gasteiger partial charge in [-0.05, 0) is 93.8 Å². The molecule has 1 aliphatic rings. The lowest BCUT2D eigenvalue weighted by Crippen LogP contribution is -2.16.